The molecule has 0 aliphatic carbocycles. The van der Waals surface area contributed by atoms with Crippen LogP contribution < -0.4 is 0 Å². The Kier molecular flexibility index (Phi) is 19.0. The number of unbranched alkanes of at least 4 members (excludes halogenated alkanes) is 10. The summed E-state index contributed by atoms with van der Waals surface area (Å²) in [6.07, 6.45) is 7.51. The van der Waals surface area contributed by atoms with Crippen LogP contribution in [0.25, 0.3) is 0 Å². The van der Waals surface area contributed by atoms with Crippen LogP contribution in [0.1, 0.15) is 97.3 Å². The van der Waals surface area contributed by atoms with E-state index in [1.807, 2.05) is 0 Å². The molecule has 38 heavy (non-hydrogen) atoms. The van der Waals surface area contributed by atoms with Crippen molar-refractivity contribution in [2.45, 2.75) is 127 Å². The highest BCUT2D eigenvalue weighted by Gasteiger charge is 2.61. The quantitative estimate of drug-likeness (QED) is 0.0760. The van der Waals surface area contributed by atoms with Crippen LogP contribution in [0.3, 0.4) is 0 Å². The lowest BCUT2D eigenvalue weighted by molar-refractivity contribution is -0.192. The molecule has 5 atom stereocenters. The lowest BCUT2D eigenvalue weighted by Gasteiger charge is -2.37. The van der Waals surface area contributed by atoms with Gasteiger partial charge in [-0.15, -0.1) is 0 Å². The van der Waals surface area contributed by atoms with Gasteiger partial charge in [0.15, 0.2) is 11.7 Å². The molecule has 3 unspecified atom stereocenters. The van der Waals surface area contributed by atoms with Crippen molar-refractivity contribution in [3.05, 3.63) is 0 Å². The molecule has 0 aromatic rings. The van der Waals surface area contributed by atoms with Gasteiger partial charge in [-0.2, -0.15) is 0 Å². The van der Waals surface area contributed by atoms with Crippen molar-refractivity contribution in [3.8, 4) is 0 Å². The van der Waals surface area contributed by atoms with Crippen LogP contribution in [0.15, 0.2) is 0 Å². The van der Waals surface area contributed by atoms with E-state index in [0.29, 0.717) is 13.2 Å². The maximum atomic E-state index is 12.6. The monoisotopic (exact) mass is 548 g/mol. The van der Waals surface area contributed by atoms with Crippen molar-refractivity contribution in [3.63, 3.8) is 0 Å². The largest absolute Gasteiger partial charge is 0.447 e. The van der Waals surface area contributed by atoms with Gasteiger partial charge in [0, 0.05) is 19.6 Å². The van der Waals surface area contributed by atoms with E-state index in [1.54, 1.807) is 0 Å². The van der Waals surface area contributed by atoms with E-state index in [2.05, 4.69) is 13.8 Å². The fourth-order valence-corrected chi connectivity index (χ4v) is 4.62. The van der Waals surface area contributed by atoms with Gasteiger partial charge in [0.1, 0.15) is 12.2 Å². The van der Waals surface area contributed by atoms with Crippen LogP contribution in [0.2, 0.25) is 0 Å². The van der Waals surface area contributed by atoms with E-state index in [4.69, 9.17) is 18.9 Å². The SMILES string of the molecule is CCCCCCCCOCC(O)C[C@]1([C@@H](O)CO)OC(=O)C(=O)C1OCC(CO)OCCCCCCCC. The van der Waals surface area contributed by atoms with E-state index in [9.17, 15) is 30.0 Å². The van der Waals surface area contributed by atoms with Gasteiger partial charge in [-0.1, -0.05) is 78.1 Å². The van der Waals surface area contributed by atoms with Crippen LogP contribution >= 0.6 is 0 Å². The molecule has 0 bridgehead atoms. The number of carbonyl (C=O) groups is 2. The zero-order chi connectivity index (χ0) is 28.2. The summed E-state index contributed by atoms with van der Waals surface area (Å²) >= 11 is 0. The minimum absolute atomic E-state index is 0.0893. The first kappa shape index (κ1) is 34.9. The highest BCUT2D eigenvalue weighted by molar-refractivity contribution is 6.37. The van der Waals surface area contributed by atoms with Gasteiger partial charge >= 0.3 is 5.97 Å². The second-order valence-corrected chi connectivity index (χ2v) is 10.3. The molecule has 1 rings (SSSR count). The van der Waals surface area contributed by atoms with Gasteiger partial charge in [-0.05, 0) is 12.8 Å². The number of aliphatic hydroxyl groups is 4. The van der Waals surface area contributed by atoms with Crippen LogP contribution in [0.5, 0.6) is 0 Å². The molecule has 224 valence electrons. The number of cyclic esters (lactones) is 1. The van der Waals surface area contributed by atoms with Gasteiger partial charge in [0.25, 0.3) is 5.78 Å². The Labute approximate surface area is 228 Å². The van der Waals surface area contributed by atoms with E-state index in [1.165, 1.54) is 38.5 Å². The van der Waals surface area contributed by atoms with Gasteiger partial charge in [0.05, 0.1) is 32.5 Å². The van der Waals surface area contributed by atoms with E-state index in [0.717, 1.165) is 38.5 Å². The molecule has 1 saturated heterocycles. The number of rotatable bonds is 25. The summed E-state index contributed by atoms with van der Waals surface area (Å²) in [4.78, 5) is 24.8. The minimum Gasteiger partial charge on any atom is -0.447 e. The molecular formula is C28H52O10. The number of Topliss-reactive ketones (excluding diaryl/α,β-unsaturated/α-hetero) is 1. The van der Waals surface area contributed by atoms with Gasteiger partial charge < -0.3 is 39.4 Å². The van der Waals surface area contributed by atoms with E-state index >= 15 is 0 Å². The fourth-order valence-electron chi connectivity index (χ4n) is 4.62. The van der Waals surface area contributed by atoms with Crippen LogP contribution in [0, 0.1) is 0 Å². The maximum Gasteiger partial charge on any atom is 0.378 e. The fraction of sp³-hybridized carbons (Fsp3) is 0.929. The van der Waals surface area contributed by atoms with Gasteiger partial charge in [-0.25, -0.2) is 4.79 Å². The van der Waals surface area contributed by atoms with Crippen LogP contribution in [0.4, 0.5) is 0 Å². The van der Waals surface area contributed by atoms with Crippen LogP contribution in [-0.4, -0.2) is 102 Å². The smallest absolute Gasteiger partial charge is 0.378 e. The Morgan fingerprint density at radius 2 is 1.39 bits per heavy atom. The predicted molar refractivity (Wildman–Crippen MR) is 142 cm³/mol. The highest BCUT2D eigenvalue weighted by atomic mass is 16.6. The summed E-state index contributed by atoms with van der Waals surface area (Å²) in [5.74, 6) is -2.23. The van der Waals surface area contributed by atoms with Gasteiger partial charge in [-0.3, -0.25) is 4.79 Å². The van der Waals surface area contributed by atoms with Crippen molar-refractivity contribution in [2.75, 3.05) is 39.6 Å². The average Bonchev–Trinajstić information content (AvgIpc) is 3.15. The molecule has 1 fully saturated rings. The van der Waals surface area contributed by atoms with E-state index in [-0.39, 0.29) is 26.2 Å². The molecule has 10 heteroatoms. The average molecular weight is 549 g/mol. The van der Waals surface area contributed by atoms with Crippen molar-refractivity contribution >= 4 is 11.8 Å². The molecule has 1 aliphatic rings. The van der Waals surface area contributed by atoms with Crippen molar-refractivity contribution in [1.29, 1.82) is 0 Å². The van der Waals surface area contributed by atoms with Crippen molar-refractivity contribution in [2.24, 2.45) is 0 Å². The zero-order valence-electron chi connectivity index (χ0n) is 23.5. The van der Waals surface area contributed by atoms with Crippen molar-refractivity contribution in [1.82, 2.24) is 0 Å². The Morgan fingerprint density at radius 1 is 0.816 bits per heavy atom. The third kappa shape index (κ3) is 12.4. The Bertz CT molecular complexity index is 631. The summed E-state index contributed by atoms with van der Waals surface area (Å²) in [5, 5.41) is 40.5. The second-order valence-electron chi connectivity index (χ2n) is 10.3. The third-order valence-electron chi connectivity index (χ3n) is 6.91. The molecular weight excluding hydrogens is 496 g/mol. The summed E-state index contributed by atoms with van der Waals surface area (Å²) < 4.78 is 22.1. The Balaban J connectivity index is 2.63. The summed E-state index contributed by atoms with van der Waals surface area (Å²) in [5.41, 5.74) is -1.98. The molecule has 0 aromatic heterocycles. The molecule has 0 amide bonds. The van der Waals surface area contributed by atoms with Crippen molar-refractivity contribution < 1.29 is 49.0 Å². The number of ketones is 1. The number of esters is 1. The molecule has 1 aliphatic heterocycles. The lowest BCUT2D eigenvalue weighted by atomic mass is 9.84. The summed E-state index contributed by atoms with van der Waals surface area (Å²) in [6, 6.07) is 0. The first-order valence-electron chi connectivity index (χ1n) is 14.5. The maximum absolute atomic E-state index is 12.6. The number of hydrogen-bond donors (Lipinski definition) is 4. The summed E-state index contributed by atoms with van der Waals surface area (Å²) in [6.45, 7) is 3.67. The number of hydrogen-bond acceptors (Lipinski definition) is 10. The third-order valence-corrected chi connectivity index (χ3v) is 6.91. The molecule has 0 radical (unpaired) electrons. The standard InChI is InChI=1S/C28H52O10/c1-3-5-7-9-11-13-15-35-20-22(31)17-28(24(32)19-30)26(25(33)27(34)38-28)37-21-23(18-29)36-16-14-12-10-8-6-4-2/h22-24,26,29-32H,3-21H2,1-2H3/t22?,23?,24-,26?,28+/m0/s1. The molecule has 0 spiro atoms. The summed E-state index contributed by atoms with van der Waals surface area (Å²) in [7, 11) is 0. The molecule has 10 nitrogen and oxygen atoms in total. The van der Waals surface area contributed by atoms with Crippen LogP contribution in [-0.2, 0) is 28.5 Å². The Morgan fingerprint density at radius 3 is 1.97 bits per heavy atom. The molecule has 0 aromatic carbocycles. The predicted octanol–water partition coefficient (Wildman–Crippen LogP) is 2.46. The number of ether oxygens (including phenoxy) is 4. The minimum atomic E-state index is -1.98. The number of aliphatic hydroxyl groups excluding tert-OH is 4. The highest BCUT2D eigenvalue weighted by Crippen LogP contribution is 2.36. The normalized spacial score (nSPS) is 22.0. The first-order valence-corrected chi connectivity index (χ1v) is 14.5. The number of carbonyl (C=O) groups excluding carboxylic acids is 2. The molecule has 4 N–H and O–H groups in total. The van der Waals surface area contributed by atoms with E-state index < -0.39 is 48.4 Å². The van der Waals surface area contributed by atoms with Gasteiger partial charge in [0.2, 0.25) is 0 Å². The first-order chi connectivity index (χ1) is 18.4. The Hall–Kier alpha value is -1.14. The lowest BCUT2D eigenvalue weighted by Crippen LogP contribution is -2.56. The second kappa shape index (κ2) is 20.7. The molecule has 0 saturated carbocycles. The zero-order valence-corrected chi connectivity index (χ0v) is 23.5. The topological polar surface area (TPSA) is 152 Å². The molecule has 1 heterocycles.